The lowest BCUT2D eigenvalue weighted by Crippen LogP contribution is -2.28. The minimum Gasteiger partial charge on any atom is -0.465 e. The fourth-order valence-electron chi connectivity index (χ4n) is 1.69. The van der Waals surface area contributed by atoms with E-state index in [9.17, 15) is 4.79 Å². The summed E-state index contributed by atoms with van der Waals surface area (Å²) in [6, 6.07) is 0. The van der Waals surface area contributed by atoms with Crippen LogP contribution in [0.3, 0.4) is 0 Å². The molecule has 0 unspecified atom stereocenters. The first-order chi connectivity index (χ1) is 9.04. The Morgan fingerprint density at radius 1 is 1.58 bits per heavy atom. The number of nitrogens with zero attached hydrogens (tertiary/aromatic N) is 1. The highest BCUT2D eigenvalue weighted by Gasteiger charge is 2.30. The number of methoxy groups -OCH3 is 1. The van der Waals surface area contributed by atoms with E-state index < -0.39 is 11.8 Å². The molecule has 106 valence electrons. The first-order valence-corrected chi connectivity index (χ1v) is 7.00. The highest BCUT2D eigenvalue weighted by atomic mass is 35.5. The summed E-state index contributed by atoms with van der Waals surface area (Å²) in [6.07, 6.45) is 0.678. The van der Waals surface area contributed by atoms with Crippen molar-refractivity contribution in [2.24, 2.45) is 0 Å². The fraction of sp³-hybridized carbons (Fsp3) is 0.636. The maximum atomic E-state index is 11.4. The Morgan fingerprint density at radius 2 is 2.26 bits per heavy atom. The molecule has 0 saturated carbocycles. The van der Waals surface area contributed by atoms with Crippen molar-refractivity contribution >= 4 is 34.0 Å². The van der Waals surface area contributed by atoms with Gasteiger partial charge in [0.15, 0.2) is 20.9 Å². The van der Waals surface area contributed by atoms with E-state index in [1.165, 1.54) is 7.11 Å². The molecule has 0 aromatic carbocycles. The van der Waals surface area contributed by atoms with Crippen LogP contribution in [-0.4, -0.2) is 43.6 Å². The Bertz CT molecular complexity index is 460. The van der Waals surface area contributed by atoms with E-state index in [0.29, 0.717) is 36.2 Å². The van der Waals surface area contributed by atoms with Crippen LogP contribution in [0.25, 0.3) is 0 Å². The van der Waals surface area contributed by atoms with E-state index >= 15 is 0 Å². The zero-order valence-corrected chi connectivity index (χ0v) is 12.3. The summed E-state index contributed by atoms with van der Waals surface area (Å²) in [7, 11) is 1.31. The number of aromatic nitrogens is 1. The number of hydrogen-bond donors (Lipinski definition) is 1. The zero-order chi connectivity index (χ0) is 13.9. The van der Waals surface area contributed by atoms with Gasteiger partial charge >= 0.3 is 5.97 Å². The predicted octanol–water partition coefficient (Wildman–Crippen LogP) is 2.15. The second-order valence-corrected chi connectivity index (χ2v) is 5.50. The quantitative estimate of drug-likeness (QED) is 0.841. The van der Waals surface area contributed by atoms with Crippen molar-refractivity contribution in [3.8, 4) is 0 Å². The summed E-state index contributed by atoms with van der Waals surface area (Å²) < 4.78 is 15.6. The Hall–Kier alpha value is -0.890. The summed E-state index contributed by atoms with van der Waals surface area (Å²) in [4.78, 5) is 15.7. The molecule has 0 amide bonds. The topological polar surface area (TPSA) is 69.7 Å². The molecule has 0 spiro atoms. The molecular formula is C11H15ClN2O4S. The van der Waals surface area contributed by atoms with Crippen molar-refractivity contribution in [1.82, 2.24) is 4.98 Å². The third kappa shape index (κ3) is 3.56. The number of halogens is 1. The van der Waals surface area contributed by atoms with Crippen molar-refractivity contribution in [2.45, 2.75) is 19.1 Å². The van der Waals surface area contributed by atoms with E-state index in [-0.39, 0.29) is 5.15 Å². The third-order valence-corrected chi connectivity index (χ3v) is 4.09. The lowest BCUT2D eigenvalue weighted by atomic mass is 10.2. The number of rotatable bonds is 5. The van der Waals surface area contributed by atoms with E-state index in [1.807, 2.05) is 6.92 Å². The van der Waals surface area contributed by atoms with E-state index in [0.717, 1.165) is 11.3 Å². The number of anilines is 1. The van der Waals surface area contributed by atoms with Crippen LogP contribution in [0.5, 0.6) is 0 Å². The average molecular weight is 307 g/mol. The molecule has 0 atom stereocenters. The summed E-state index contributed by atoms with van der Waals surface area (Å²) in [5.41, 5.74) is 0. The second-order valence-electron chi connectivity index (χ2n) is 4.14. The number of hydrogen-bond acceptors (Lipinski definition) is 7. The van der Waals surface area contributed by atoms with E-state index in [2.05, 4.69) is 15.0 Å². The van der Waals surface area contributed by atoms with Crippen LogP contribution in [0.15, 0.2) is 0 Å². The van der Waals surface area contributed by atoms with Crippen molar-refractivity contribution in [3.63, 3.8) is 0 Å². The molecule has 0 bridgehead atoms. The molecule has 1 N–H and O–H groups in total. The molecular weight excluding hydrogens is 292 g/mol. The minimum atomic E-state index is -0.542. The van der Waals surface area contributed by atoms with Crippen LogP contribution in [0.4, 0.5) is 5.13 Å². The summed E-state index contributed by atoms with van der Waals surface area (Å²) in [6.45, 7) is 3.75. The fourth-order valence-corrected chi connectivity index (χ4v) is 2.82. The highest BCUT2D eigenvalue weighted by molar-refractivity contribution is 7.18. The van der Waals surface area contributed by atoms with Crippen LogP contribution in [0.2, 0.25) is 5.15 Å². The molecule has 0 radical (unpaired) electrons. The molecule has 2 rings (SSSR count). The Kier molecular flexibility index (Phi) is 4.62. The number of thiazole rings is 1. The van der Waals surface area contributed by atoms with Crippen molar-refractivity contribution in [3.05, 3.63) is 10.0 Å². The van der Waals surface area contributed by atoms with Gasteiger partial charge in [-0.25, -0.2) is 9.78 Å². The monoisotopic (exact) mass is 306 g/mol. The van der Waals surface area contributed by atoms with Gasteiger partial charge in [-0.15, -0.1) is 0 Å². The van der Waals surface area contributed by atoms with Gasteiger partial charge in [0.25, 0.3) is 0 Å². The molecule has 1 aromatic rings. The van der Waals surface area contributed by atoms with Crippen LogP contribution in [0.1, 0.15) is 23.0 Å². The summed E-state index contributed by atoms with van der Waals surface area (Å²) in [5, 5.41) is 3.82. The molecule has 2 heterocycles. The predicted molar refractivity (Wildman–Crippen MR) is 71.9 cm³/mol. The van der Waals surface area contributed by atoms with Gasteiger partial charge in [0, 0.05) is 13.0 Å². The Labute approximate surface area is 120 Å². The van der Waals surface area contributed by atoms with Gasteiger partial charge in [0.1, 0.15) is 0 Å². The smallest absolute Gasteiger partial charge is 0.351 e. The van der Waals surface area contributed by atoms with Gasteiger partial charge in [-0.2, -0.15) is 0 Å². The number of carbonyl (C=O) groups excluding carboxylic acids is 1. The first kappa shape index (κ1) is 14.5. The number of esters is 1. The normalized spacial score (nSPS) is 17.4. The standard InChI is InChI=1S/C11H15ClN2O4S/c1-11(17-5-6-18-11)3-4-13-10-14-8(12)7(19-10)9(15)16-2/h3-6H2,1-2H3,(H,13,14). The van der Waals surface area contributed by atoms with Gasteiger partial charge in [0.2, 0.25) is 0 Å². The van der Waals surface area contributed by atoms with Crippen LogP contribution >= 0.6 is 22.9 Å². The molecule has 1 saturated heterocycles. The van der Waals surface area contributed by atoms with Gasteiger partial charge in [0.05, 0.1) is 20.3 Å². The number of ether oxygens (including phenoxy) is 3. The van der Waals surface area contributed by atoms with Crippen LogP contribution < -0.4 is 5.32 Å². The molecule has 8 heteroatoms. The molecule has 19 heavy (non-hydrogen) atoms. The third-order valence-electron chi connectivity index (χ3n) is 2.71. The Morgan fingerprint density at radius 3 is 2.89 bits per heavy atom. The maximum absolute atomic E-state index is 11.4. The first-order valence-electron chi connectivity index (χ1n) is 5.80. The second kappa shape index (κ2) is 6.04. The van der Waals surface area contributed by atoms with Gasteiger partial charge < -0.3 is 19.5 Å². The van der Waals surface area contributed by atoms with E-state index in [1.54, 1.807) is 0 Å². The summed E-state index contributed by atoms with van der Waals surface area (Å²) in [5.74, 6) is -1.02. The zero-order valence-electron chi connectivity index (χ0n) is 10.7. The molecule has 1 aliphatic rings. The molecule has 6 nitrogen and oxygen atoms in total. The average Bonchev–Trinajstić information content (AvgIpc) is 2.96. The van der Waals surface area contributed by atoms with E-state index in [4.69, 9.17) is 21.1 Å². The van der Waals surface area contributed by atoms with Crippen molar-refractivity contribution in [2.75, 3.05) is 32.2 Å². The SMILES string of the molecule is COC(=O)c1sc(NCCC2(C)OCCO2)nc1Cl. The molecule has 1 aromatic heterocycles. The van der Waals surface area contributed by atoms with Gasteiger partial charge in [-0.3, -0.25) is 0 Å². The van der Waals surface area contributed by atoms with Crippen LogP contribution in [-0.2, 0) is 14.2 Å². The Balaban J connectivity index is 1.88. The minimum absolute atomic E-state index is 0.152. The molecule has 1 fully saturated rings. The van der Waals surface area contributed by atoms with Crippen LogP contribution in [0, 0.1) is 0 Å². The van der Waals surface area contributed by atoms with Crippen molar-refractivity contribution in [1.29, 1.82) is 0 Å². The molecule has 0 aliphatic carbocycles. The largest absolute Gasteiger partial charge is 0.465 e. The van der Waals surface area contributed by atoms with Crippen molar-refractivity contribution < 1.29 is 19.0 Å². The number of carbonyl (C=O) groups is 1. The van der Waals surface area contributed by atoms with Gasteiger partial charge in [-0.1, -0.05) is 22.9 Å². The lowest BCUT2D eigenvalue weighted by Gasteiger charge is -2.21. The van der Waals surface area contributed by atoms with Gasteiger partial charge in [-0.05, 0) is 6.92 Å². The maximum Gasteiger partial charge on any atom is 0.351 e. The highest BCUT2D eigenvalue weighted by Crippen LogP contribution is 2.28. The summed E-state index contributed by atoms with van der Waals surface area (Å²) >= 11 is 7.02. The number of nitrogens with one attached hydrogen (secondary N) is 1. The lowest BCUT2D eigenvalue weighted by molar-refractivity contribution is -0.144. The molecule has 1 aliphatic heterocycles.